The van der Waals surface area contributed by atoms with E-state index in [4.69, 9.17) is 5.73 Å². The molecule has 5 heteroatoms. The Labute approximate surface area is 134 Å². The van der Waals surface area contributed by atoms with Gasteiger partial charge in [0.05, 0.1) is 16.8 Å². The van der Waals surface area contributed by atoms with Gasteiger partial charge in [0, 0.05) is 5.56 Å². The number of aromatic carboxylic acids is 2. The van der Waals surface area contributed by atoms with Crippen molar-refractivity contribution in [2.75, 3.05) is 5.73 Å². The minimum atomic E-state index is -1.09. The molecule has 5 nitrogen and oxygen atoms in total. The molecule has 0 heterocycles. The van der Waals surface area contributed by atoms with Gasteiger partial charge in [0.2, 0.25) is 0 Å². The van der Waals surface area contributed by atoms with Crippen molar-refractivity contribution < 1.29 is 19.8 Å². The highest BCUT2D eigenvalue weighted by Gasteiger charge is 2.23. The van der Waals surface area contributed by atoms with Gasteiger partial charge in [-0.25, -0.2) is 9.59 Å². The third-order valence-corrected chi connectivity index (χ3v) is 4.46. The van der Waals surface area contributed by atoms with E-state index in [2.05, 4.69) is 0 Å². The van der Waals surface area contributed by atoms with E-state index in [1.165, 1.54) is 6.07 Å². The van der Waals surface area contributed by atoms with Gasteiger partial charge < -0.3 is 15.9 Å². The number of hydrogen-bond donors (Lipinski definition) is 3. The van der Waals surface area contributed by atoms with Crippen LogP contribution in [0.5, 0.6) is 0 Å². The molecule has 0 saturated carbocycles. The molecule has 2 rings (SSSR count). The maximum absolute atomic E-state index is 11.6. The Bertz CT molecular complexity index is 838. The van der Waals surface area contributed by atoms with E-state index in [-0.39, 0.29) is 16.8 Å². The molecule has 4 N–H and O–H groups in total. The molecule has 120 valence electrons. The monoisotopic (exact) mass is 313 g/mol. The van der Waals surface area contributed by atoms with Crippen molar-refractivity contribution >= 4 is 17.6 Å². The molecule has 23 heavy (non-hydrogen) atoms. The Kier molecular flexibility index (Phi) is 4.14. The van der Waals surface area contributed by atoms with Crippen molar-refractivity contribution in [1.82, 2.24) is 0 Å². The molecule has 0 aliphatic rings. The zero-order chi connectivity index (χ0) is 17.5. The van der Waals surface area contributed by atoms with E-state index in [1.807, 2.05) is 13.8 Å². The third kappa shape index (κ3) is 2.54. The van der Waals surface area contributed by atoms with Crippen molar-refractivity contribution in [3.05, 3.63) is 51.6 Å². The maximum atomic E-state index is 11.6. The van der Waals surface area contributed by atoms with E-state index < -0.39 is 11.9 Å². The Morgan fingerprint density at radius 3 is 2.00 bits per heavy atom. The average Bonchev–Trinajstić information content (AvgIpc) is 2.46. The van der Waals surface area contributed by atoms with Crippen LogP contribution < -0.4 is 5.73 Å². The van der Waals surface area contributed by atoms with Crippen LogP contribution >= 0.6 is 0 Å². The number of carboxylic acids is 2. The molecule has 0 bridgehead atoms. The van der Waals surface area contributed by atoms with Crippen LogP contribution in [0.4, 0.5) is 5.69 Å². The summed E-state index contributed by atoms with van der Waals surface area (Å²) < 4.78 is 0. The quantitative estimate of drug-likeness (QED) is 0.752. The first-order valence-corrected chi connectivity index (χ1v) is 7.14. The highest BCUT2D eigenvalue weighted by atomic mass is 16.4. The largest absolute Gasteiger partial charge is 0.478 e. The van der Waals surface area contributed by atoms with Crippen LogP contribution in [0.25, 0.3) is 11.1 Å². The normalized spacial score (nSPS) is 10.6. The second kappa shape index (κ2) is 5.76. The molecule has 2 aromatic rings. The van der Waals surface area contributed by atoms with E-state index in [0.29, 0.717) is 22.3 Å². The van der Waals surface area contributed by atoms with Gasteiger partial charge >= 0.3 is 11.9 Å². The summed E-state index contributed by atoms with van der Waals surface area (Å²) in [5.41, 5.74) is 10.7. The summed E-state index contributed by atoms with van der Waals surface area (Å²) in [5.74, 6) is -2.11. The van der Waals surface area contributed by atoms with E-state index in [9.17, 15) is 19.8 Å². The van der Waals surface area contributed by atoms with E-state index in [1.54, 1.807) is 26.0 Å². The summed E-state index contributed by atoms with van der Waals surface area (Å²) in [6.07, 6.45) is 0. The van der Waals surface area contributed by atoms with Crippen LogP contribution in [0.3, 0.4) is 0 Å². The predicted octanol–water partition coefficient (Wildman–Crippen LogP) is 3.57. The lowest BCUT2D eigenvalue weighted by Gasteiger charge is -2.20. The fraction of sp³-hybridized carbons (Fsp3) is 0.222. The molecule has 0 saturated heterocycles. The lowest BCUT2D eigenvalue weighted by atomic mass is 9.86. The molecule has 0 radical (unpaired) electrons. The number of rotatable bonds is 3. The molecule has 0 amide bonds. The summed E-state index contributed by atoms with van der Waals surface area (Å²) in [6.45, 7) is 7.14. The highest BCUT2D eigenvalue weighted by molar-refractivity contribution is 6.02. The first kappa shape index (κ1) is 16.5. The van der Waals surface area contributed by atoms with Crippen LogP contribution in [-0.4, -0.2) is 22.2 Å². The van der Waals surface area contributed by atoms with Gasteiger partial charge in [-0.1, -0.05) is 12.1 Å². The third-order valence-electron chi connectivity index (χ3n) is 4.46. The summed E-state index contributed by atoms with van der Waals surface area (Å²) in [6, 6.07) is 4.92. The maximum Gasteiger partial charge on any atom is 0.338 e. The second-order valence-electron chi connectivity index (χ2n) is 5.63. The fourth-order valence-electron chi connectivity index (χ4n) is 2.95. The molecule has 0 aliphatic heterocycles. The molecule has 0 spiro atoms. The van der Waals surface area contributed by atoms with Crippen LogP contribution in [-0.2, 0) is 0 Å². The minimum absolute atomic E-state index is 0.0724. The molecule has 0 aliphatic carbocycles. The zero-order valence-corrected chi connectivity index (χ0v) is 13.5. The van der Waals surface area contributed by atoms with Crippen LogP contribution in [0, 0.1) is 27.7 Å². The first-order chi connectivity index (χ1) is 10.7. The standard InChI is InChI=1S/C18H19NO4/c1-8-9(2)14(16(19)15(10(8)3)18(22)23)12-6-5-7-13(11(12)4)17(20)21/h5-7H,19H2,1-4H3,(H,20,21)(H,22,23). The van der Waals surface area contributed by atoms with Gasteiger partial charge in [0.1, 0.15) is 0 Å². The Hall–Kier alpha value is -2.82. The van der Waals surface area contributed by atoms with Gasteiger partial charge in [-0.3, -0.25) is 0 Å². The Balaban J connectivity index is 2.93. The van der Waals surface area contributed by atoms with Gasteiger partial charge in [0.25, 0.3) is 0 Å². The predicted molar refractivity (Wildman–Crippen MR) is 89.2 cm³/mol. The smallest absolute Gasteiger partial charge is 0.338 e. The lowest BCUT2D eigenvalue weighted by molar-refractivity contribution is 0.0685. The lowest BCUT2D eigenvalue weighted by Crippen LogP contribution is -2.11. The fourth-order valence-corrected chi connectivity index (χ4v) is 2.95. The molecule has 0 fully saturated rings. The van der Waals surface area contributed by atoms with Crippen molar-refractivity contribution in [2.45, 2.75) is 27.7 Å². The molecule has 0 atom stereocenters. The van der Waals surface area contributed by atoms with Crippen molar-refractivity contribution in [1.29, 1.82) is 0 Å². The topological polar surface area (TPSA) is 101 Å². The van der Waals surface area contributed by atoms with Crippen molar-refractivity contribution in [2.24, 2.45) is 0 Å². The van der Waals surface area contributed by atoms with Gasteiger partial charge in [-0.2, -0.15) is 0 Å². The molecular formula is C18H19NO4. The van der Waals surface area contributed by atoms with Gasteiger partial charge in [0.15, 0.2) is 0 Å². The van der Waals surface area contributed by atoms with Gasteiger partial charge in [-0.05, 0) is 61.6 Å². The summed E-state index contributed by atoms with van der Waals surface area (Å²) in [4.78, 5) is 22.9. The average molecular weight is 313 g/mol. The van der Waals surface area contributed by atoms with E-state index >= 15 is 0 Å². The molecule has 0 aromatic heterocycles. The SMILES string of the molecule is Cc1c(C(=O)O)cccc1-c1c(C)c(C)c(C)c(C(=O)O)c1N. The van der Waals surface area contributed by atoms with Crippen LogP contribution in [0.1, 0.15) is 43.0 Å². The Morgan fingerprint density at radius 2 is 1.48 bits per heavy atom. The number of nitrogen functional groups attached to an aromatic ring is 1. The minimum Gasteiger partial charge on any atom is -0.478 e. The summed E-state index contributed by atoms with van der Waals surface area (Å²) in [7, 11) is 0. The number of carbonyl (C=O) groups is 2. The molecular weight excluding hydrogens is 294 g/mol. The Morgan fingerprint density at radius 1 is 0.870 bits per heavy atom. The first-order valence-electron chi connectivity index (χ1n) is 7.14. The summed E-state index contributed by atoms with van der Waals surface area (Å²) >= 11 is 0. The van der Waals surface area contributed by atoms with E-state index in [0.717, 1.165) is 11.1 Å². The van der Waals surface area contributed by atoms with Gasteiger partial charge in [-0.15, -0.1) is 0 Å². The summed E-state index contributed by atoms with van der Waals surface area (Å²) in [5, 5.41) is 18.8. The molecule has 2 aromatic carbocycles. The number of carboxylic acid groups (broad SMARTS) is 2. The van der Waals surface area contributed by atoms with Crippen LogP contribution in [0.15, 0.2) is 18.2 Å². The number of hydrogen-bond acceptors (Lipinski definition) is 3. The number of nitrogens with two attached hydrogens (primary N) is 1. The molecule has 0 unspecified atom stereocenters. The highest BCUT2D eigenvalue weighted by Crippen LogP contribution is 2.38. The zero-order valence-electron chi connectivity index (χ0n) is 13.5. The second-order valence-corrected chi connectivity index (χ2v) is 5.63. The number of benzene rings is 2. The van der Waals surface area contributed by atoms with Crippen LogP contribution in [0.2, 0.25) is 0 Å². The number of anilines is 1. The van der Waals surface area contributed by atoms with Crippen molar-refractivity contribution in [3.63, 3.8) is 0 Å². The van der Waals surface area contributed by atoms with Crippen molar-refractivity contribution in [3.8, 4) is 11.1 Å².